The number of carbonyl (C=O) groups excluding carboxylic acids is 1. The van der Waals surface area contributed by atoms with Crippen LogP contribution in [0.3, 0.4) is 0 Å². The van der Waals surface area contributed by atoms with Gasteiger partial charge in [0.15, 0.2) is 5.11 Å². The van der Waals surface area contributed by atoms with E-state index in [1.807, 2.05) is 24.8 Å². The second kappa shape index (κ2) is 8.00. The first-order valence-corrected chi connectivity index (χ1v) is 8.24. The van der Waals surface area contributed by atoms with E-state index in [0.29, 0.717) is 43.0 Å². The highest BCUT2D eigenvalue weighted by Gasteiger charge is 2.25. The lowest BCUT2D eigenvalue weighted by Crippen LogP contribution is -2.45. The lowest BCUT2D eigenvalue weighted by atomic mass is 9.96. The summed E-state index contributed by atoms with van der Waals surface area (Å²) < 4.78 is 0. The molecule has 4 N–H and O–H groups in total. The molecule has 130 valence electrons. The van der Waals surface area contributed by atoms with Gasteiger partial charge in [-0.15, -0.1) is 0 Å². The Hall–Kier alpha value is -2.29. The summed E-state index contributed by atoms with van der Waals surface area (Å²) in [6.45, 7) is 5.15. The monoisotopic (exact) mass is 349 g/mol. The van der Waals surface area contributed by atoms with Crippen molar-refractivity contribution in [2.45, 2.75) is 26.7 Å². The summed E-state index contributed by atoms with van der Waals surface area (Å²) in [4.78, 5) is 26.5. The highest BCUT2D eigenvalue weighted by molar-refractivity contribution is 7.80. The number of likely N-dealkylation sites (tertiary alicyclic amines) is 1. The van der Waals surface area contributed by atoms with E-state index < -0.39 is 0 Å². The molecule has 24 heavy (non-hydrogen) atoms. The Labute approximate surface area is 146 Å². The number of carbonyl (C=O) groups is 1. The van der Waals surface area contributed by atoms with Gasteiger partial charge in [0, 0.05) is 37.4 Å². The molecule has 8 nitrogen and oxygen atoms in total. The van der Waals surface area contributed by atoms with Crippen LogP contribution in [-0.2, 0) is 4.79 Å². The van der Waals surface area contributed by atoms with Crippen molar-refractivity contribution < 1.29 is 4.79 Å². The number of nitrogens with two attached hydrogens (primary N) is 1. The third-order valence-corrected chi connectivity index (χ3v) is 4.12. The van der Waals surface area contributed by atoms with Gasteiger partial charge in [0.1, 0.15) is 0 Å². The van der Waals surface area contributed by atoms with Crippen LogP contribution >= 0.6 is 12.2 Å². The molecule has 0 spiro atoms. The van der Waals surface area contributed by atoms with Crippen molar-refractivity contribution in [1.29, 1.82) is 0 Å². The minimum absolute atomic E-state index is 0.0868. The molecule has 1 fully saturated rings. The molecule has 0 unspecified atom stereocenters. The van der Waals surface area contributed by atoms with Gasteiger partial charge in [0.05, 0.1) is 0 Å². The van der Waals surface area contributed by atoms with Gasteiger partial charge in [-0.2, -0.15) is 4.99 Å². The molecule has 0 bridgehead atoms. The molecular formula is C15H23N7OS. The van der Waals surface area contributed by atoms with Crippen LogP contribution in [-0.4, -0.2) is 52.0 Å². The van der Waals surface area contributed by atoms with Crippen LogP contribution in [0.2, 0.25) is 0 Å². The van der Waals surface area contributed by atoms with Crippen molar-refractivity contribution >= 4 is 35.1 Å². The summed E-state index contributed by atoms with van der Waals surface area (Å²) in [7, 11) is 1.72. The quantitative estimate of drug-likeness (QED) is 0.407. The van der Waals surface area contributed by atoms with E-state index in [4.69, 9.17) is 18.0 Å². The summed E-state index contributed by atoms with van der Waals surface area (Å²) in [5.41, 5.74) is 7.13. The number of hydrogen-bond acceptors (Lipinski definition) is 4. The first-order valence-electron chi connectivity index (χ1n) is 7.83. The zero-order valence-electron chi connectivity index (χ0n) is 14.2. The van der Waals surface area contributed by atoms with Crippen LogP contribution in [0, 0.1) is 19.8 Å². The molecule has 0 atom stereocenters. The van der Waals surface area contributed by atoms with Crippen molar-refractivity contribution in [2.24, 2.45) is 16.6 Å². The lowest BCUT2D eigenvalue weighted by Gasteiger charge is -2.32. The average Bonchev–Trinajstić information content (AvgIpc) is 2.53. The van der Waals surface area contributed by atoms with Crippen molar-refractivity contribution in [2.75, 3.05) is 25.5 Å². The molecule has 9 heteroatoms. The number of piperidine rings is 1. The summed E-state index contributed by atoms with van der Waals surface area (Å²) in [5.74, 6) is 0.713. The number of hydrogen-bond donors (Lipinski definition) is 3. The molecule has 1 aromatic heterocycles. The normalized spacial score (nSPS) is 16.0. The molecule has 2 heterocycles. The van der Waals surface area contributed by atoms with E-state index in [-0.39, 0.29) is 11.8 Å². The highest BCUT2D eigenvalue weighted by atomic mass is 32.1. The second-order valence-electron chi connectivity index (χ2n) is 5.75. The molecule has 0 aliphatic carbocycles. The number of primary amides is 1. The largest absolute Gasteiger partial charge is 0.369 e. The zero-order chi connectivity index (χ0) is 17.7. The molecular weight excluding hydrogens is 326 g/mol. The van der Waals surface area contributed by atoms with Crippen molar-refractivity contribution in [3.63, 3.8) is 0 Å². The number of amides is 1. The molecule has 0 radical (unpaired) electrons. The minimum atomic E-state index is -0.246. The smallest absolute Gasteiger partial charge is 0.229 e. The summed E-state index contributed by atoms with van der Waals surface area (Å²) in [6, 6.07) is 1.90. The topological polar surface area (TPSA) is 109 Å². The Morgan fingerprint density at radius 1 is 1.33 bits per heavy atom. The Balaban J connectivity index is 2.18. The van der Waals surface area contributed by atoms with Gasteiger partial charge >= 0.3 is 0 Å². The molecule has 0 saturated carbocycles. The maximum atomic E-state index is 11.3. The average molecular weight is 349 g/mol. The fourth-order valence-corrected chi connectivity index (χ4v) is 2.67. The van der Waals surface area contributed by atoms with Gasteiger partial charge in [-0.3, -0.25) is 10.1 Å². The fraction of sp³-hybridized carbons (Fsp3) is 0.533. The van der Waals surface area contributed by atoms with E-state index in [1.165, 1.54) is 0 Å². The van der Waals surface area contributed by atoms with E-state index in [1.54, 1.807) is 7.05 Å². The molecule has 0 aromatic carbocycles. The van der Waals surface area contributed by atoms with E-state index in [0.717, 1.165) is 11.4 Å². The second-order valence-corrected chi connectivity index (χ2v) is 6.14. The Morgan fingerprint density at radius 3 is 2.42 bits per heavy atom. The zero-order valence-corrected chi connectivity index (χ0v) is 15.0. The minimum Gasteiger partial charge on any atom is -0.369 e. The predicted molar refractivity (Wildman–Crippen MR) is 97.7 cm³/mol. The van der Waals surface area contributed by atoms with Gasteiger partial charge < -0.3 is 16.0 Å². The fourth-order valence-electron chi connectivity index (χ4n) is 2.59. The van der Waals surface area contributed by atoms with Gasteiger partial charge in [-0.05, 0) is 45.0 Å². The molecule has 1 aromatic rings. The summed E-state index contributed by atoms with van der Waals surface area (Å²) >= 11 is 5.15. The maximum absolute atomic E-state index is 11.3. The maximum Gasteiger partial charge on any atom is 0.229 e. The number of aliphatic imine (C=N–C) groups is 1. The van der Waals surface area contributed by atoms with E-state index in [2.05, 4.69) is 25.6 Å². The number of aromatic nitrogens is 2. The summed E-state index contributed by atoms with van der Waals surface area (Å²) in [6.07, 6.45) is 1.38. The van der Waals surface area contributed by atoms with Gasteiger partial charge in [-0.1, -0.05) is 0 Å². The number of nitrogens with zero attached hydrogens (tertiary/aromatic N) is 4. The molecule has 1 aliphatic heterocycles. The summed E-state index contributed by atoms with van der Waals surface area (Å²) in [5, 5.41) is 6.34. The number of nitrogens with one attached hydrogen (secondary N) is 2. The van der Waals surface area contributed by atoms with Crippen LogP contribution < -0.4 is 16.4 Å². The number of rotatable bonds is 2. The Morgan fingerprint density at radius 2 is 1.92 bits per heavy atom. The Bertz CT molecular complexity index is 633. The van der Waals surface area contributed by atoms with Crippen LogP contribution in [0.5, 0.6) is 0 Å². The highest BCUT2D eigenvalue weighted by Crippen LogP contribution is 2.17. The first kappa shape index (κ1) is 18.1. The van der Waals surface area contributed by atoms with Gasteiger partial charge in [0.2, 0.25) is 17.8 Å². The molecule has 1 saturated heterocycles. The van der Waals surface area contributed by atoms with Crippen molar-refractivity contribution in [3.8, 4) is 0 Å². The number of aryl methyl sites for hydroxylation is 2. The van der Waals surface area contributed by atoms with E-state index >= 15 is 0 Å². The number of thiocarbonyl (C=S) groups is 1. The SMILES string of the molecule is CNC(=S)/N=C(/Nc1nc(C)cc(C)n1)N1CCC(C(N)=O)CC1. The van der Waals surface area contributed by atoms with Crippen LogP contribution in [0.1, 0.15) is 24.2 Å². The number of anilines is 1. The van der Waals surface area contributed by atoms with E-state index in [9.17, 15) is 4.79 Å². The third-order valence-electron chi connectivity index (χ3n) is 3.82. The van der Waals surface area contributed by atoms with Crippen molar-refractivity contribution in [1.82, 2.24) is 20.2 Å². The van der Waals surface area contributed by atoms with Gasteiger partial charge in [0.25, 0.3) is 0 Å². The van der Waals surface area contributed by atoms with Crippen LogP contribution in [0.15, 0.2) is 11.1 Å². The van der Waals surface area contributed by atoms with Crippen molar-refractivity contribution in [3.05, 3.63) is 17.5 Å². The van der Waals surface area contributed by atoms with Crippen LogP contribution in [0.4, 0.5) is 5.95 Å². The molecule has 1 aliphatic rings. The lowest BCUT2D eigenvalue weighted by molar-refractivity contribution is -0.122. The first-order chi connectivity index (χ1) is 11.4. The number of guanidine groups is 1. The standard InChI is InChI=1S/C15H23N7OS/c1-9-8-10(2)19-13(18-9)20-14(21-15(24)17-3)22-6-4-11(5-7-22)12(16)23/h8,11H,4-7H2,1-3H3,(H2,16,23)(H2,17,18,19,20,21,24). The van der Waals surface area contributed by atoms with Gasteiger partial charge in [-0.25, -0.2) is 9.97 Å². The molecule has 1 amide bonds. The predicted octanol–water partition coefficient (Wildman–Crippen LogP) is 0.563. The van der Waals surface area contributed by atoms with Crippen LogP contribution in [0.25, 0.3) is 0 Å². The third kappa shape index (κ3) is 4.85. The molecule has 2 rings (SSSR count). The Kier molecular flexibility index (Phi) is 6.02.